The first kappa shape index (κ1) is 8.83. The van der Waals surface area contributed by atoms with Gasteiger partial charge in [-0.3, -0.25) is 0 Å². The highest BCUT2D eigenvalue weighted by Crippen LogP contribution is 1.94. The standard InChI is InChI=1S/C7H11NO2/c1-3-9-6-7(5-8)10-4-2/h6H,3-4H2,1-2H3/b7-6+. The average molecular weight is 141 g/mol. The van der Waals surface area contributed by atoms with E-state index in [1.54, 1.807) is 0 Å². The second kappa shape index (κ2) is 5.96. The van der Waals surface area contributed by atoms with Crippen LogP contribution in [0.5, 0.6) is 0 Å². The Balaban J connectivity index is 3.70. The molecule has 0 unspecified atom stereocenters. The van der Waals surface area contributed by atoms with Crippen molar-refractivity contribution in [3.63, 3.8) is 0 Å². The Morgan fingerprint density at radius 1 is 1.50 bits per heavy atom. The van der Waals surface area contributed by atoms with Gasteiger partial charge in [0.1, 0.15) is 12.3 Å². The summed E-state index contributed by atoms with van der Waals surface area (Å²) < 4.78 is 9.70. The summed E-state index contributed by atoms with van der Waals surface area (Å²) in [6, 6.07) is 1.85. The molecular weight excluding hydrogens is 130 g/mol. The molecule has 10 heavy (non-hydrogen) atoms. The summed E-state index contributed by atoms with van der Waals surface area (Å²) in [6.07, 6.45) is 1.32. The second-order valence-corrected chi connectivity index (χ2v) is 1.48. The Morgan fingerprint density at radius 2 is 2.20 bits per heavy atom. The van der Waals surface area contributed by atoms with Gasteiger partial charge in [-0.2, -0.15) is 5.26 Å². The van der Waals surface area contributed by atoms with Crippen molar-refractivity contribution in [3.8, 4) is 6.07 Å². The van der Waals surface area contributed by atoms with Crippen LogP contribution in [0.2, 0.25) is 0 Å². The van der Waals surface area contributed by atoms with Crippen LogP contribution in [-0.2, 0) is 9.47 Å². The minimum atomic E-state index is 0.226. The van der Waals surface area contributed by atoms with E-state index in [4.69, 9.17) is 14.7 Å². The molecule has 0 saturated carbocycles. The molecular formula is C7H11NO2. The first-order valence-electron chi connectivity index (χ1n) is 3.19. The van der Waals surface area contributed by atoms with Gasteiger partial charge in [0.05, 0.1) is 13.2 Å². The highest BCUT2D eigenvalue weighted by molar-refractivity contribution is 5.09. The molecule has 0 radical (unpaired) electrons. The average Bonchev–Trinajstić information content (AvgIpc) is 1.98. The fraction of sp³-hybridized carbons (Fsp3) is 0.571. The fourth-order valence-corrected chi connectivity index (χ4v) is 0.407. The number of nitrogens with zero attached hydrogens (tertiary/aromatic N) is 1. The summed E-state index contributed by atoms with van der Waals surface area (Å²) in [7, 11) is 0. The van der Waals surface area contributed by atoms with Crippen LogP contribution in [0.1, 0.15) is 13.8 Å². The van der Waals surface area contributed by atoms with Crippen LogP contribution in [0.4, 0.5) is 0 Å². The van der Waals surface area contributed by atoms with Gasteiger partial charge in [0.15, 0.2) is 0 Å². The highest BCUT2D eigenvalue weighted by atomic mass is 16.5. The molecule has 0 heterocycles. The van der Waals surface area contributed by atoms with Crippen molar-refractivity contribution in [2.24, 2.45) is 0 Å². The lowest BCUT2D eigenvalue weighted by Crippen LogP contribution is -1.90. The van der Waals surface area contributed by atoms with Gasteiger partial charge in [-0.05, 0) is 13.8 Å². The van der Waals surface area contributed by atoms with E-state index in [9.17, 15) is 0 Å². The first-order valence-corrected chi connectivity index (χ1v) is 3.19. The third-order valence-corrected chi connectivity index (χ3v) is 0.767. The van der Waals surface area contributed by atoms with Crippen LogP contribution < -0.4 is 0 Å². The summed E-state index contributed by atoms with van der Waals surface area (Å²) in [5.74, 6) is 0.226. The zero-order chi connectivity index (χ0) is 7.82. The predicted molar refractivity (Wildman–Crippen MR) is 36.9 cm³/mol. The minimum absolute atomic E-state index is 0.226. The topological polar surface area (TPSA) is 42.2 Å². The number of allylic oxidation sites excluding steroid dienone is 1. The summed E-state index contributed by atoms with van der Waals surface area (Å²) >= 11 is 0. The molecule has 3 heteroatoms. The van der Waals surface area contributed by atoms with Gasteiger partial charge in [0, 0.05) is 0 Å². The number of hydrogen-bond donors (Lipinski definition) is 0. The van der Waals surface area contributed by atoms with E-state index in [2.05, 4.69) is 0 Å². The van der Waals surface area contributed by atoms with Gasteiger partial charge in [0.25, 0.3) is 0 Å². The molecule has 0 fully saturated rings. The maximum Gasteiger partial charge on any atom is 0.232 e. The van der Waals surface area contributed by atoms with E-state index in [1.807, 2.05) is 19.9 Å². The molecule has 0 N–H and O–H groups in total. The van der Waals surface area contributed by atoms with Crippen LogP contribution in [0.15, 0.2) is 12.0 Å². The molecule has 0 aromatic carbocycles. The molecule has 0 rings (SSSR count). The molecule has 0 aliphatic carbocycles. The van der Waals surface area contributed by atoms with Gasteiger partial charge in [0.2, 0.25) is 5.76 Å². The summed E-state index contributed by atoms with van der Waals surface area (Å²) in [5, 5.41) is 8.36. The fourth-order valence-electron chi connectivity index (χ4n) is 0.407. The lowest BCUT2D eigenvalue weighted by molar-refractivity contribution is 0.204. The van der Waals surface area contributed by atoms with E-state index < -0.39 is 0 Å². The van der Waals surface area contributed by atoms with E-state index in [1.165, 1.54) is 6.26 Å². The van der Waals surface area contributed by atoms with Crippen molar-refractivity contribution < 1.29 is 9.47 Å². The molecule has 0 aliphatic heterocycles. The Morgan fingerprint density at radius 3 is 2.60 bits per heavy atom. The molecule has 0 atom stereocenters. The molecule has 0 amide bonds. The van der Waals surface area contributed by atoms with Crippen LogP contribution in [0, 0.1) is 11.3 Å². The zero-order valence-corrected chi connectivity index (χ0v) is 6.26. The predicted octanol–water partition coefficient (Wildman–Crippen LogP) is 1.42. The van der Waals surface area contributed by atoms with Gasteiger partial charge in [-0.15, -0.1) is 0 Å². The SMILES string of the molecule is CCO/C=C(\C#N)OCC. The normalized spacial score (nSPS) is 10.3. The first-order chi connectivity index (χ1) is 4.85. The van der Waals surface area contributed by atoms with Crippen LogP contribution in [0.25, 0.3) is 0 Å². The van der Waals surface area contributed by atoms with E-state index in [-0.39, 0.29) is 5.76 Å². The molecule has 0 aromatic rings. The Hall–Kier alpha value is -1.17. The Kier molecular flexibility index (Phi) is 5.26. The molecule has 0 aromatic heterocycles. The van der Waals surface area contributed by atoms with Crippen LogP contribution in [0.3, 0.4) is 0 Å². The molecule has 0 spiro atoms. The van der Waals surface area contributed by atoms with Gasteiger partial charge in [-0.1, -0.05) is 0 Å². The summed E-state index contributed by atoms with van der Waals surface area (Å²) in [6.45, 7) is 4.71. The zero-order valence-electron chi connectivity index (χ0n) is 6.26. The van der Waals surface area contributed by atoms with Crippen molar-refractivity contribution in [2.75, 3.05) is 13.2 Å². The smallest absolute Gasteiger partial charge is 0.232 e. The van der Waals surface area contributed by atoms with Gasteiger partial charge in [-0.25, -0.2) is 0 Å². The maximum absolute atomic E-state index is 8.36. The van der Waals surface area contributed by atoms with Crippen molar-refractivity contribution >= 4 is 0 Å². The molecule has 0 bridgehead atoms. The van der Waals surface area contributed by atoms with Crippen molar-refractivity contribution in [2.45, 2.75) is 13.8 Å². The third kappa shape index (κ3) is 3.79. The van der Waals surface area contributed by atoms with Crippen LogP contribution >= 0.6 is 0 Å². The third-order valence-electron chi connectivity index (χ3n) is 0.767. The number of hydrogen-bond acceptors (Lipinski definition) is 3. The molecule has 0 aliphatic rings. The number of rotatable bonds is 4. The minimum Gasteiger partial charge on any atom is -0.497 e. The number of nitriles is 1. The Bertz CT molecular complexity index is 146. The molecule has 56 valence electrons. The van der Waals surface area contributed by atoms with E-state index in [0.29, 0.717) is 13.2 Å². The number of ether oxygens (including phenoxy) is 2. The summed E-state index contributed by atoms with van der Waals surface area (Å²) in [5.41, 5.74) is 0. The quantitative estimate of drug-likeness (QED) is 0.439. The lowest BCUT2D eigenvalue weighted by Gasteiger charge is -1.98. The highest BCUT2D eigenvalue weighted by Gasteiger charge is 1.91. The van der Waals surface area contributed by atoms with Gasteiger partial charge < -0.3 is 9.47 Å². The Labute approximate surface area is 60.9 Å². The second-order valence-electron chi connectivity index (χ2n) is 1.48. The van der Waals surface area contributed by atoms with E-state index >= 15 is 0 Å². The monoisotopic (exact) mass is 141 g/mol. The van der Waals surface area contributed by atoms with Crippen LogP contribution in [-0.4, -0.2) is 13.2 Å². The largest absolute Gasteiger partial charge is 0.497 e. The van der Waals surface area contributed by atoms with Gasteiger partial charge >= 0.3 is 0 Å². The molecule has 3 nitrogen and oxygen atoms in total. The van der Waals surface area contributed by atoms with Crippen molar-refractivity contribution in [3.05, 3.63) is 12.0 Å². The van der Waals surface area contributed by atoms with E-state index in [0.717, 1.165) is 0 Å². The van der Waals surface area contributed by atoms with Crippen molar-refractivity contribution in [1.82, 2.24) is 0 Å². The molecule has 0 saturated heterocycles. The lowest BCUT2D eigenvalue weighted by atomic mass is 10.6. The van der Waals surface area contributed by atoms with Crippen molar-refractivity contribution in [1.29, 1.82) is 5.26 Å². The summed E-state index contributed by atoms with van der Waals surface area (Å²) in [4.78, 5) is 0. The maximum atomic E-state index is 8.36.